The van der Waals surface area contributed by atoms with E-state index >= 15 is 0 Å². The quantitative estimate of drug-likeness (QED) is 0.363. The van der Waals surface area contributed by atoms with Crippen LogP contribution in [-0.4, -0.2) is 39.3 Å². The molecule has 172 valence electrons. The van der Waals surface area contributed by atoms with E-state index < -0.39 is 9.84 Å². The number of furan rings is 1. The molecule has 0 unspecified atom stereocenters. The Morgan fingerprint density at radius 1 is 1.12 bits per heavy atom. The van der Waals surface area contributed by atoms with E-state index in [1.54, 1.807) is 24.6 Å². The lowest BCUT2D eigenvalue weighted by Gasteiger charge is -2.06. The number of nitrogens with zero attached hydrogens (tertiary/aromatic N) is 1. The Hall–Kier alpha value is -3.37. The molecule has 0 radical (unpaired) electrons. The minimum atomic E-state index is -3.48. The molecular weight excluding hydrogens is 464 g/mol. The summed E-state index contributed by atoms with van der Waals surface area (Å²) in [5, 5.41) is 5.81. The zero-order valence-electron chi connectivity index (χ0n) is 18.0. The average Bonchev–Trinajstić information content (AvgIpc) is 3.45. The molecular formula is C23H22N2O6S2. The van der Waals surface area contributed by atoms with Crippen LogP contribution >= 0.6 is 11.3 Å². The first kappa shape index (κ1) is 22.8. The molecule has 10 heteroatoms. The standard InChI is InChI=1S/C23H22N2O6S2/c1-29-16-8-10-17(11-9-16)33(27,28)12-4-7-21(26)25-23-24-18(14-32-23)20-13-15-5-3-6-19(30-2)22(15)31-20/h3,5-6,8-11,13-14H,4,7,12H2,1-2H3,(H,24,25,26). The van der Waals surface area contributed by atoms with Crippen molar-refractivity contribution in [3.63, 3.8) is 0 Å². The van der Waals surface area contributed by atoms with Crippen molar-refractivity contribution in [2.75, 3.05) is 25.3 Å². The van der Waals surface area contributed by atoms with Gasteiger partial charge in [0.1, 0.15) is 11.4 Å². The van der Waals surface area contributed by atoms with Gasteiger partial charge in [-0.1, -0.05) is 12.1 Å². The third-order valence-corrected chi connectivity index (χ3v) is 7.54. The van der Waals surface area contributed by atoms with Gasteiger partial charge >= 0.3 is 0 Å². The van der Waals surface area contributed by atoms with Crippen LogP contribution in [0.25, 0.3) is 22.4 Å². The Morgan fingerprint density at radius 2 is 1.91 bits per heavy atom. The number of methoxy groups -OCH3 is 2. The van der Waals surface area contributed by atoms with E-state index in [4.69, 9.17) is 13.9 Å². The number of benzene rings is 2. The van der Waals surface area contributed by atoms with Gasteiger partial charge in [-0.3, -0.25) is 4.79 Å². The number of fused-ring (bicyclic) bond motifs is 1. The van der Waals surface area contributed by atoms with Gasteiger partial charge in [0.15, 0.2) is 32.1 Å². The highest BCUT2D eigenvalue weighted by atomic mass is 32.2. The number of rotatable bonds is 9. The number of amides is 1. The summed E-state index contributed by atoms with van der Waals surface area (Å²) in [7, 11) is -0.381. The van der Waals surface area contributed by atoms with Crippen molar-refractivity contribution in [2.24, 2.45) is 0 Å². The summed E-state index contributed by atoms with van der Waals surface area (Å²) in [4.78, 5) is 16.9. The highest BCUT2D eigenvalue weighted by molar-refractivity contribution is 7.91. The predicted octanol–water partition coefficient (Wildman–Crippen LogP) is 4.77. The van der Waals surface area contributed by atoms with Crippen molar-refractivity contribution in [1.29, 1.82) is 0 Å². The van der Waals surface area contributed by atoms with Gasteiger partial charge in [0, 0.05) is 17.2 Å². The molecule has 4 rings (SSSR count). The van der Waals surface area contributed by atoms with Crippen molar-refractivity contribution in [1.82, 2.24) is 4.98 Å². The summed E-state index contributed by atoms with van der Waals surface area (Å²) in [5.41, 5.74) is 1.22. The highest BCUT2D eigenvalue weighted by Crippen LogP contribution is 2.34. The third-order valence-electron chi connectivity index (χ3n) is 4.97. The molecule has 0 saturated carbocycles. The van der Waals surface area contributed by atoms with Crippen molar-refractivity contribution in [2.45, 2.75) is 17.7 Å². The van der Waals surface area contributed by atoms with E-state index in [1.165, 1.54) is 30.6 Å². The number of para-hydroxylation sites is 1. The van der Waals surface area contributed by atoms with Crippen LogP contribution in [0.1, 0.15) is 12.8 Å². The number of carbonyl (C=O) groups is 1. The molecule has 4 aromatic rings. The Bertz CT molecular complexity index is 1370. The number of thiazole rings is 1. The van der Waals surface area contributed by atoms with Gasteiger partial charge in [0.2, 0.25) is 5.91 Å². The molecule has 0 fully saturated rings. The molecule has 2 aromatic carbocycles. The molecule has 0 atom stereocenters. The normalized spacial score (nSPS) is 11.5. The Labute approximate surface area is 195 Å². The van der Waals surface area contributed by atoms with Crippen LogP contribution in [-0.2, 0) is 14.6 Å². The molecule has 1 N–H and O–H groups in total. The van der Waals surface area contributed by atoms with E-state index in [0.29, 0.717) is 33.7 Å². The Morgan fingerprint density at radius 3 is 2.64 bits per heavy atom. The third kappa shape index (κ3) is 5.18. The fraction of sp³-hybridized carbons (Fsp3) is 0.217. The molecule has 0 saturated heterocycles. The minimum Gasteiger partial charge on any atom is -0.497 e. The van der Waals surface area contributed by atoms with E-state index in [2.05, 4.69) is 10.3 Å². The number of nitrogens with one attached hydrogen (secondary N) is 1. The van der Waals surface area contributed by atoms with Gasteiger partial charge in [-0.2, -0.15) is 0 Å². The fourth-order valence-corrected chi connectivity index (χ4v) is 5.30. The zero-order chi connectivity index (χ0) is 23.4. The minimum absolute atomic E-state index is 0.0616. The smallest absolute Gasteiger partial charge is 0.226 e. The van der Waals surface area contributed by atoms with Crippen LogP contribution < -0.4 is 14.8 Å². The summed E-state index contributed by atoms with van der Waals surface area (Å²) >= 11 is 1.27. The Kier molecular flexibility index (Phi) is 6.66. The monoisotopic (exact) mass is 486 g/mol. The molecule has 2 aromatic heterocycles. The van der Waals surface area contributed by atoms with Gasteiger partial charge < -0.3 is 19.2 Å². The molecule has 1 amide bonds. The van der Waals surface area contributed by atoms with Crippen LogP contribution in [0.3, 0.4) is 0 Å². The predicted molar refractivity (Wildman–Crippen MR) is 127 cm³/mol. The average molecular weight is 487 g/mol. The second-order valence-corrected chi connectivity index (χ2v) is 10.1. The maximum absolute atomic E-state index is 12.4. The van der Waals surface area contributed by atoms with Crippen molar-refractivity contribution in [3.05, 3.63) is 53.9 Å². The Balaban J connectivity index is 1.34. The molecule has 0 aliphatic heterocycles. The lowest BCUT2D eigenvalue weighted by Crippen LogP contribution is -2.14. The van der Waals surface area contributed by atoms with Crippen LogP contribution in [0, 0.1) is 0 Å². The number of ether oxygens (including phenoxy) is 2. The number of hydrogen-bond acceptors (Lipinski definition) is 8. The maximum atomic E-state index is 12.4. The molecule has 2 heterocycles. The van der Waals surface area contributed by atoms with Crippen LogP contribution in [0.4, 0.5) is 5.13 Å². The highest BCUT2D eigenvalue weighted by Gasteiger charge is 2.17. The summed E-state index contributed by atoms with van der Waals surface area (Å²) in [6, 6.07) is 13.7. The van der Waals surface area contributed by atoms with Gasteiger partial charge in [-0.25, -0.2) is 13.4 Å². The zero-order valence-corrected chi connectivity index (χ0v) is 19.7. The van der Waals surface area contributed by atoms with E-state index in [1.807, 2.05) is 24.3 Å². The number of hydrogen-bond donors (Lipinski definition) is 1. The first-order valence-electron chi connectivity index (χ1n) is 10.1. The summed E-state index contributed by atoms with van der Waals surface area (Å²) < 4.78 is 41.1. The van der Waals surface area contributed by atoms with Gasteiger partial charge in [0.25, 0.3) is 0 Å². The number of anilines is 1. The molecule has 0 aliphatic rings. The maximum Gasteiger partial charge on any atom is 0.226 e. The SMILES string of the molecule is COc1ccc(S(=O)(=O)CCCC(=O)Nc2nc(-c3cc4cccc(OC)c4o3)cs2)cc1. The molecule has 33 heavy (non-hydrogen) atoms. The second-order valence-electron chi connectivity index (χ2n) is 7.17. The van der Waals surface area contributed by atoms with Gasteiger partial charge in [-0.15, -0.1) is 11.3 Å². The van der Waals surface area contributed by atoms with Crippen LogP contribution in [0.5, 0.6) is 11.5 Å². The first-order valence-corrected chi connectivity index (χ1v) is 12.6. The lowest BCUT2D eigenvalue weighted by atomic mass is 10.2. The van der Waals surface area contributed by atoms with E-state index in [0.717, 1.165) is 5.39 Å². The molecule has 0 spiro atoms. The van der Waals surface area contributed by atoms with Gasteiger partial charge in [-0.05, 0) is 42.8 Å². The van der Waals surface area contributed by atoms with Gasteiger partial charge in [0.05, 0.1) is 24.9 Å². The fourth-order valence-electron chi connectivity index (χ4n) is 3.27. The van der Waals surface area contributed by atoms with Crippen LogP contribution in [0.2, 0.25) is 0 Å². The largest absolute Gasteiger partial charge is 0.497 e. The van der Waals surface area contributed by atoms with Crippen molar-refractivity contribution < 1.29 is 27.1 Å². The number of sulfone groups is 1. The molecule has 0 bridgehead atoms. The number of carbonyl (C=O) groups excluding carboxylic acids is 1. The summed E-state index contributed by atoms with van der Waals surface area (Å²) in [6.07, 6.45) is 0.258. The first-order chi connectivity index (χ1) is 15.9. The molecule has 8 nitrogen and oxygen atoms in total. The summed E-state index contributed by atoms with van der Waals surface area (Å²) in [5.74, 6) is 1.35. The summed E-state index contributed by atoms with van der Waals surface area (Å²) in [6.45, 7) is 0. The number of aromatic nitrogens is 1. The van der Waals surface area contributed by atoms with Crippen molar-refractivity contribution >= 4 is 43.2 Å². The topological polar surface area (TPSA) is 108 Å². The van der Waals surface area contributed by atoms with E-state index in [-0.39, 0.29) is 29.4 Å². The second kappa shape index (κ2) is 9.63. The van der Waals surface area contributed by atoms with Crippen LogP contribution in [0.15, 0.2) is 63.2 Å². The molecule has 0 aliphatic carbocycles. The van der Waals surface area contributed by atoms with E-state index in [9.17, 15) is 13.2 Å². The van der Waals surface area contributed by atoms with Crippen molar-refractivity contribution in [3.8, 4) is 23.0 Å². The lowest BCUT2D eigenvalue weighted by molar-refractivity contribution is -0.116.